The smallest absolute Gasteiger partial charge is 0.236 e. The average molecular weight is 2000 g/mol. The summed E-state index contributed by atoms with van der Waals surface area (Å²) in [7, 11) is 8.51. The highest BCUT2D eigenvalue weighted by Crippen LogP contribution is 2.57. The molecule has 0 radical (unpaired) electrons. The maximum Gasteiger partial charge on any atom is 0.236 e. The van der Waals surface area contributed by atoms with Gasteiger partial charge in [0.25, 0.3) is 0 Å². The van der Waals surface area contributed by atoms with Gasteiger partial charge in [0.15, 0.2) is 46.0 Å². The van der Waals surface area contributed by atoms with Crippen LogP contribution in [0.1, 0.15) is 202 Å². The van der Waals surface area contributed by atoms with Crippen LogP contribution < -0.4 is 67.5 Å². The number of aryl methyl sites for hydroxylation is 1. The third kappa shape index (κ3) is 22.5. The number of aliphatic hydroxyl groups excluding tert-OH is 2. The second kappa shape index (κ2) is 44.8. The molecule has 5 aliphatic carbocycles. The lowest BCUT2D eigenvalue weighted by atomic mass is 9.88. The van der Waals surface area contributed by atoms with Gasteiger partial charge in [0.2, 0.25) is 33.1 Å². The van der Waals surface area contributed by atoms with E-state index in [1.54, 1.807) is 34.6 Å². The topological polar surface area (TPSA) is 338 Å². The largest absolute Gasteiger partial charge is 0.497 e. The maximum absolute atomic E-state index is 13.4. The molecular weight excluding hydrogens is 1870 g/mol. The van der Waals surface area contributed by atoms with Crippen molar-refractivity contribution < 1.29 is 100 Å². The number of rotatable bonds is 36. The summed E-state index contributed by atoms with van der Waals surface area (Å²) in [4.78, 5) is 90.7. The van der Waals surface area contributed by atoms with E-state index in [2.05, 4.69) is 61.4 Å². The number of aromatic nitrogens is 5. The molecule has 5 aliphatic heterocycles. The Labute approximate surface area is 866 Å². The van der Waals surface area contributed by atoms with Crippen molar-refractivity contribution in [2.75, 3.05) is 94.3 Å². The normalized spacial score (nSPS) is 17.4. The van der Waals surface area contributed by atoms with Crippen LogP contribution in [-0.2, 0) is 87.9 Å². The van der Waals surface area contributed by atoms with E-state index in [9.17, 15) is 34.2 Å². The predicted molar refractivity (Wildman–Crippen MR) is 561 cm³/mol. The number of pyridine rings is 5. The van der Waals surface area contributed by atoms with Gasteiger partial charge in [0, 0.05) is 118 Å². The molecule has 10 aliphatic rings. The molecule has 1 amide bonds. The highest BCUT2D eigenvalue weighted by Gasteiger charge is 2.56. The number of carbonyl (C=O) groups is 5. The van der Waals surface area contributed by atoms with Crippen molar-refractivity contribution in [3.63, 3.8) is 0 Å². The summed E-state index contributed by atoms with van der Waals surface area (Å²) >= 11 is 0. The summed E-state index contributed by atoms with van der Waals surface area (Å²) in [5.41, 5.74) is 13.8. The van der Waals surface area contributed by atoms with Gasteiger partial charge in [-0.1, -0.05) is 135 Å². The van der Waals surface area contributed by atoms with E-state index >= 15 is 0 Å². The van der Waals surface area contributed by atoms with Crippen LogP contribution in [0.5, 0.6) is 69.0 Å². The standard InChI is InChI=1S/C29H30N2O5.C27H27NO6.C26H26N2O4.C21H23NO3.C17H18N2O2.3H2/c1-34-24-5-3-2-4-23(24)28(31-13-10-22(32)17-31)19-6-8-21(30-16-19)15-27(33)29(11-12-29)20-7-9-25-26(14-20)36-18-35-25;1-31-22-5-3-2-4-21(22)26(32-13-12-29)18-6-8-20(28-16-18)15-25(30)27(10-11-27)19-7-9-23-24(14-19)34-17-33-23;1-27-25(20-5-3-4-6-21(20)30-2)17-7-9-19(28-15-17)14-24(29)26(11-12-26)18-8-10-22-23(13-18)32-16-31-22;1-14(2)10-16-4-3-5-17(22-16)12-20(23)21(8-9-21)15-6-7-18-19(11-15)25-13-24-18;1-12-4-3-5-15(18-12)19-16(20)17(10-11-17)13-6-8-14(21-2)9-7-13;;;/h2-9,14,16,22,28,32H,10-13,15,17-18H2,1H3;2-9,14,16,26,29H,10-13,15,17H2,1H3;3-10,13,15,25,27H,11-12,14,16H2,1-2H3;3-7,11,14H,8-10,12-13H2,1-2H3;3-9H,10-11H2,1-2H3,(H,18,19,20);3*1H. The van der Waals surface area contributed by atoms with Gasteiger partial charge in [0.1, 0.15) is 58.1 Å². The third-order valence-corrected chi connectivity index (χ3v) is 29.7. The molecule has 1 saturated heterocycles. The first-order valence-electron chi connectivity index (χ1n) is 50.7. The molecule has 0 spiro atoms. The lowest BCUT2D eigenvalue weighted by Crippen LogP contribution is -2.29. The van der Waals surface area contributed by atoms with E-state index in [1.165, 1.54) is 0 Å². The summed E-state index contributed by atoms with van der Waals surface area (Å²) in [6.45, 7) is 8.68. The predicted octanol–water partition coefficient (Wildman–Crippen LogP) is 19.2. The van der Waals surface area contributed by atoms with Gasteiger partial charge in [-0.15, -0.1) is 0 Å². The van der Waals surface area contributed by atoms with Crippen molar-refractivity contribution in [3.05, 3.63) is 357 Å². The van der Waals surface area contributed by atoms with E-state index in [0.29, 0.717) is 54.1 Å². The van der Waals surface area contributed by atoms with Gasteiger partial charge in [-0.3, -0.25) is 48.8 Å². The number of carbonyl (C=O) groups excluding carboxylic acids is 5. The molecule has 13 aromatic rings. The van der Waals surface area contributed by atoms with Crippen molar-refractivity contribution in [2.45, 2.75) is 175 Å². The fourth-order valence-corrected chi connectivity index (χ4v) is 20.6. The van der Waals surface area contributed by atoms with Gasteiger partial charge < -0.3 is 82.4 Å². The van der Waals surface area contributed by atoms with Crippen LogP contribution in [0.3, 0.4) is 0 Å². The number of nitrogens with zero attached hydrogens (tertiary/aromatic N) is 6. The Hall–Kier alpha value is -14.9. The second-order valence-corrected chi connectivity index (χ2v) is 39.7. The number of hydrogen-bond acceptors (Lipinski definition) is 27. The fraction of sp³-hybridized carbons (Fsp3) is 0.350. The Balaban J connectivity index is 0.000000135. The number of methoxy groups -OCH3 is 4. The first-order chi connectivity index (χ1) is 72.1. The maximum atomic E-state index is 13.4. The molecule has 4 N–H and O–H groups in total. The van der Waals surface area contributed by atoms with Crippen LogP contribution >= 0.6 is 0 Å². The first-order valence-corrected chi connectivity index (χ1v) is 50.7. The molecule has 5 aromatic heterocycles. The van der Waals surface area contributed by atoms with E-state index in [1.807, 2.05) is 257 Å². The van der Waals surface area contributed by atoms with E-state index < -0.39 is 27.8 Å². The Kier molecular flexibility index (Phi) is 30.8. The van der Waals surface area contributed by atoms with E-state index in [-0.39, 0.29) is 110 Å². The number of aliphatic hydroxyl groups is 2. The summed E-state index contributed by atoms with van der Waals surface area (Å²) in [5, 5.41) is 25.7. The number of Topliss-reactive ketones (excluding diaryl/α,β-unsaturated/α-hetero) is 4. The van der Waals surface area contributed by atoms with Gasteiger partial charge >= 0.3 is 0 Å². The molecular formula is C120H130N8O20. The van der Waals surface area contributed by atoms with Gasteiger partial charge in [-0.05, 0) is 257 Å². The average Bonchev–Trinajstić information content (AvgIpc) is 1.59. The number of hydrogen-bond donors (Lipinski definition) is 4. The van der Waals surface area contributed by atoms with Crippen molar-refractivity contribution in [2.24, 2.45) is 5.92 Å². The van der Waals surface area contributed by atoms with Gasteiger partial charge in [-0.25, -0.2) is 4.98 Å². The van der Waals surface area contributed by atoms with E-state index in [0.717, 1.165) is 225 Å². The number of nitrogens with one attached hydrogen (secondary N) is 2. The molecule has 8 aromatic carbocycles. The molecule has 28 heteroatoms. The van der Waals surface area contributed by atoms with Gasteiger partial charge in [-0.2, -0.15) is 0 Å². The number of ketones is 4. The molecule has 28 nitrogen and oxygen atoms in total. The summed E-state index contributed by atoms with van der Waals surface area (Å²) < 4.78 is 71.3. The molecule has 0 bridgehead atoms. The quantitative estimate of drug-likeness (QED) is 0.0283. The van der Waals surface area contributed by atoms with Crippen LogP contribution in [0.4, 0.5) is 5.82 Å². The SMILES string of the molecule is CC(C)Cc1cccc(CC(=O)C2(c3ccc4c(c3)OCO4)CC2)n1.CNC(c1ccc(CC(=O)C2(c3ccc4c(c3)OCO4)CC2)nc1)c1ccccc1OC.COc1ccc(C2(C(=O)Nc3cccc(C)n3)CC2)cc1.COc1ccccc1C(OCCO)c1ccc(CC(=O)C2(c3ccc4c(c3)OCO4)CC2)nc1.COc1ccccc1C(c1ccc(CC(=O)C2(c3ccc4c(c3)OCO4)CC2)nc1)N1CCC(O)C1.[HH].[HH].[HH]. The summed E-state index contributed by atoms with van der Waals surface area (Å²) in [6.07, 6.45) is 16.2. The number of anilines is 1. The van der Waals surface area contributed by atoms with E-state index in [4.69, 9.17) is 66.6 Å². The van der Waals surface area contributed by atoms with Crippen molar-refractivity contribution in [1.29, 1.82) is 0 Å². The highest BCUT2D eigenvalue weighted by atomic mass is 16.7. The first kappa shape index (κ1) is 102. The Bertz CT molecular complexity index is 6960. The molecule has 4 unspecified atom stereocenters. The molecule has 10 heterocycles. The number of amides is 1. The van der Waals surface area contributed by atoms with Crippen LogP contribution in [0.25, 0.3) is 0 Å². The molecule has 148 heavy (non-hydrogen) atoms. The van der Waals surface area contributed by atoms with Crippen LogP contribution in [-0.4, -0.2) is 164 Å². The number of ether oxygens (including phenoxy) is 13. The molecule has 6 fully saturated rings. The second-order valence-electron chi connectivity index (χ2n) is 39.7. The van der Waals surface area contributed by atoms with Crippen LogP contribution in [0, 0.1) is 12.8 Å². The van der Waals surface area contributed by atoms with Crippen molar-refractivity contribution in [3.8, 4) is 69.0 Å². The minimum Gasteiger partial charge on any atom is -0.497 e. The van der Waals surface area contributed by atoms with Crippen LogP contribution in [0.2, 0.25) is 0 Å². The molecule has 770 valence electrons. The summed E-state index contributed by atoms with van der Waals surface area (Å²) in [5.74, 6) is 10.9. The van der Waals surface area contributed by atoms with Crippen molar-refractivity contribution >= 4 is 34.9 Å². The minimum atomic E-state index is -0.467. The Morgan fingerprint density at radius 3 is 1.22 bits per heavy atom. The number of fused-ring (bicyclic) bond motifs is 4. The zero-order chi connectivity index (χ0) is 103. The zero-order valence-electron chi connectivity index (χ0n) is 84.6. The monoisotopic (exact) mass is 2000 g/mol. The fourth-order valence-electron chi connectivity index (χ4n) is 20.6. The van der Waals surface area contributed by atoms with Crippen LogP contribution in [0.15, 0.2) is 261 Å². The number of para-hydroxylation sites is 3. The zero-order valence-corrected chi connectivity index (χ0v) is 84.6. The lowest BCUT2D eigenvalue weighted by Gasteiger charge is -2.29. The molecule has 5 saturated carbocycles. The number of benzene rings is 8. The Morgan fingerprint density at radius 2 is 0.818 bits per heavy atom. The molecule has 4 atom stereocenters. The summed E-state index contributed by atoms with van der Waals surface area (Å²) in [6, 6.07) is 77.8. The Morgan fingerprint density at radius 1 is 0.419 bits per heavy atom. The minimum absolute atomic E-state index is 0. The number of likely N-dealkylation sites (tertiary alicyclic amines) is 1. The lowest BCUT2D eigenvalue weighted by molar-refractivity contribution is -0.121. The van der Waals surface area contributed by atoms with Crippen molar-refractivity contribution in [1.82, 2.24) is 35.1 Å². The van der Waals surface area contributed by atoms with Gasteiger partial charge in [0.05, 0.1) is 86.9 Å². The molecule has 23 rings (SSSR count). The highest BCUT2D eigenvalue weighted by molar-refractivity contribution is 6.01. The number of β-amino-alcohol motifs (C(OH)–C–C–N with tert-alkyl or cyclic N) is 1. The third-order valence-electron chi connectivity index (χ3n) is 29.7.